The average molecular weight is 301 g/mol. The van der Waals surface area contributed by atoms with Crippen LogP contribution < -0.4 is 10.4 Å². The number of aromatic nitrogens is 2. The second kappa shape index (κ2) is 4.67. The maximum Gasteiger partial charge on any atom is 0.323 e. The molecule has 1 aromatic heterocycles. The van der Waals surface area contributed by atoms with Crippen molar-refractivity contribution in [3.63, 3.8) is 0 Å². The number of benzene rings is 2. The summed E-state index contributed by atoms with van der Waals surface area (Å²) in [5.41, 5.74) is 3.46. The van der Waals surface area contributed by atoms with Crippen LogP contribution in [0.5, 0.6) is 5.75 Å². The standard InChI is InChI=1S/C16H13ClN2O2/c17-15(14-8-9-3-1-2-4-13(9)21-14)10-5-6-11-12(7-10)19-16(20)18-11/h1-7,14-15H,8H2,(H2,18,19,20). The maximum atomic E-state index is 11.3. The largest absolute Gasteiger partial charge is 0.488 e. The third-order valence-corrected chi connectivity index (χ3v) is 4.39. The lowest BCUT2D eigenvalue weighted by molar-refractivity contribution is 0.227. The average Bonchev–Trinajstić information content (AvgIpc) is 3.07. The summed E-state index contributed by atoms with van der Waals surface area (Å²) < 4.78 is 5.93. The third-order valence-electron chi connectivity index (χ3n) is 3.86. The van der Waals surface area contributed by atoms with E-state index >= 15 is 0 Å². The molecule has 4 nitrogen and oxygen atoms in total. The lowest BCUT2D eigenvalue weighted by Crippen LogP contribution is -2.19. The van der Waals surface area contributed by atoms with E-state index in [0.29, 0.717) is 0 Å². The van der Waals surface area contributed by atoms with Crippen molar-refractivity contribution in [2.75, 3.05) is 0 Å². The van der Waals surface area contributed by atoms with E-state index in [1.807, 2.05) is 36.4 Å². The molecule has 0 radical (unpaired) electrons. The number of imidazole rings is 1. The summed E-state index contributed by atoms with van der Waals surface area (Å²) in [7, 11) is 0. The number of hydrogen-bond donors (Lipinski definition) is 2. The molecule has 0 fully saturated rings. The summed E-state index contributed by atoms with van der Waals surface area (Å²) in [5.74, 6) is 0.907. The Morgan fingerprint density at radius 1 is 1.14 bits per heavy atom. The lowest BCUT2D eigenvalue weighted by atomic mass is 10.0. The van der Waals surface area contributed by atoms with Gasteiger partial charge in [0.05, 0.1) is 16.4 Å². The molecule has 2 aromatic carbocycles. The first-order valence-electron chi connectivity index (χ1n) is 6.81. The van der Waals surface area contributed by atoms with Gasteiger partial charge in [0, 0.05) is 6.42 Å². The predicted octanol–water partition coefficient (Wildman–Crippen LogP) is 3.14. The van der Waals surface area contributed by atoms with E-state index < -0.39 is 0 Å². The Hall–Kier alpha value is -2.20. The monoisotopic (exact) mass is 300 g/mol. The van der Waals surface area contributed by atoms with E-state index in [4.69, 9.17) is 16.3 Å². The molecular weight excluding hydrogens is 288 g/mol. The summed E-state index contributed by atoms with van der Waals surface area (Å²) in [6.45, 7) is 0. The van der Waals surface area contributed by atoms with Gasteiger partial charge in [-0.15, -0.1) is 11.6 Å². The van der Waals surface area contributed by atoms with E-state index in [9.17, 15) is 4.79 Å². The van der Waals surface area contributed by atoms with Gasteiger partial charge >= 0.3 is 5.69 Å². The highest BCUT2D eigenvalue weighted by Gasteiger charge is 2.30. The number of fused-ring (bicyclic) bond motifs is 2. The first kappa shape index (κ1) is 12.5. The molecule has 5 heteroatoms. The van der Waals surface area contributed by atoms with Gasteiger partial charge in [-0.3, -0.25) is 0 Å². The van der Waals surface area contributed by atoms with Crippen LogP contribution in [0.25, 0.3) is 11.0 Å². The van der Waals surface area contributed by atoms with E-state index in [1.165, 1.54) is 5.56 Å². The van der Waals surface area contributed by atoms with Crippen LogP contribution >= 0.6 is 11.6 Å². The Morgan fingerprint density at radius 2 is 1.95 bits per heavy atom. The second-order valence-electron chi connectivity index (χ2n) is 5.25. The molecule has 21 heavy (non-hydrogen) atoms. The minimum absolute atomic E-state index is 0.0906. The van der Waals surface area contributed by atoms with E-state index in [-0.39, 0.29) is 17.2 Å². The number of nitrogens with one attached hydrogen (secondary N) is 2. The fourth-order valence-corrected chi connectivity index (χ4v) is 3.08. The molecule has 2 N–H and O–H groups in total. The Labute approximate surface area is 125 Å². The van der Waals surface area contributed by atoms with Crippen molar-refractivity contribution in [1.82, 2.24) is 9.97 Å². The quantitative estimate of drug-likeness (QED) is 0.714. The van der Waals surface area contributed by atoms with Crippen LogP contribution in [0.3, 0.4) is 0 Å². The zero-order valence-electron chi connectivity index (χ0n) is 11.1. The zero-order valence-corrected chi connectivity index (χ0v) is 11.9. The highest BCUT2D eigenvalue weighted by Crippen LogP contribution is 2.37. The Kier molecular flexibility index (Phi) is 2.79. The minimum Gasteiger partial charge on any atom is -0.488 e. The highest BCUT2D eigenvalue weighted by molar-refractivity contribution is 6.21. The number of para-hydroxylation sites is 1. The van der Waals surface area contributed by atoms with Crippen LogP contribution in [-0.2, 0) is 6.42 Å². The van der Waals surface area contributed by atoms with Crippen molar-refractivity contribution in [1.29, 1.82) is 0 Å². The van der Waals surface area contributed by atoms with E-state index in [2.05, 4.69) is 16.0 Å². The van der Waals surface area contributed by atoms with Crippen LogP contribution in [0, 0.1) is 0 Å². The van der Waals surface area contributed by atoms with E-state index in [0.717, 1.165) is 28.8 Å². The van der Waals surface area contributed by atoms with Crippen molar-refractivity contribution < 1.29 is 4.74 Å². The molecular formula is C16H13ClN2O2. The molecule has 106 valence electrons. The molecule has 0 spiro atoms. The van der Waals surface area contributed by atoms with Gasteiger partial charge in [-0.1, -0.05) is 24.3 Å². The number of H-pyrrole nitrogens is 2. The first-order valence-corrected chi connectivity index (χ1v) is 7.25. The highest BCUT2D eigenvalue weighted by atomic mass is 35.5. The van der Waals surface area contributed by atoms with Gasteiger partial charge < -0.3 is 14.7 Å². The number of aromatic amines is 2. The number of ether oxygens (including phenoxy) is 1. The van der Waals surface area contributed by atoms with Crippen molar-refractivity contribution >= 4 is 22.6 Å². The van der Waals surface area contributed by atoms with Gasteiger partial charge in [-0.05, 0) is 29.3 Å². The third kappa shape index (κ3) is 2.12. The predicted molar refractivity (Wildman–Crippen MR) is 82.1 cm³/mol. The Bertz CT molecular complexity index is 843. The summed E-state index contributed by atoms with van der Waals surface area (Å²) in [6.07, 6.45) is 0.707. The molecule has 1 aliphatic rings. The number of halogens is 1. The maximum absolute atomic E-state index is 11.3. The van der Waals surface area contributed by atoms with Gasteiger partial charge in [0.1, 0.15) is 11.9 Å². The second-order valence-corrected chi connectivity index (χ2v) is 5.72. The molecule has 2 unspecified atom stereocenters. The molecule has 0 amide bonds. The van der Waals surface area contributed by atoms with Crippen LogP contribution in [0.4, 0.5) is 0 Å². The van der Waals surface area contributed by atoms with Gasteiger partial charge in [-0.2, -0.15) is 0 Å². The van der Waals surface area contributed by atoms with Gasteiger partial charge in [0.25, 0.3) is 0 Å². The van der Waals surface area contributed by atoms with Crippen LogP contribution in [0.2, 0.25) is 0 Å². The van der Waals surface area contributed by atoms with Crippen molar-refractivity contribution in [2.45, 2.75) is 17.9 Å². The fraction of sp³-hybridized carbons (Fsp3) is 0.188. The van der Waals surface area contributed by atoms with Gasteiger partial charge in [-0.25, -0.2) is 4.79 Å². The molecule has 0 aliphatic carbocycles. The molecule has 2 atom stereocenters. The van der Waals surface area contributed by atoms with Gasteiger partial charge in [0.15, 0.2) is 0 Å². The first-order chi connectivity index (χ1) is 10.2. The number of alkyl halides is 1. The lowest BCUT2D eigenvalue weighted by Gasteiger charge is -2.17. The minimum atomic E-state index is -0.264. The normalized spacial score (nSPS) is 18.4. The molecule has 0 saturated heterocycles. The van der Waals surface area contributed by atoms with Crippen molar-refractivity contribution in [3.05, 3.63) is 64.1 Å². The smallest absolute Gasteiger partial charge is 0.323 e. The fourth-order valence-electron chi connectivity index (χ4n) is 2.81. The number of hydrogen-bond acceptors (Lipinski definition) is 2. The summed E-state index contributed by atoms with van der Waals surface area (Å²) >= 11 is 6.58. The SMILES string of the molecule is O=c1[nH]c2ccc(C(Cl)C3Cc4ccccc4O3)cc2[nH]1. The van der Waals surface area contributed by atoms with Gasteiger partial charge in [0.2, 0.25) is 0 Å². The molecule has 3 aromatic rings. The molecule has 2 heterocycles. The topological polar surface area (TPSA) is 57.9 Å². The summed E-state index contributed by atoms with van der Waals surface area (Å²) in [5, 5.41) is -0.264. The zero-order chi connectivity index (χ0) is 14.4. The van der Waals surface area contributed by atoms with Crippen LogP contribution in [-0.4, -0.2) is 16.1 Å². The van der Waals surface area contributed by atoms with Crippen molar-refractivity contribution in [2.24, 2.45) is 0 Å². The summed E-state index contributed by atoms with van der Waals surface area (Å²) in [4.78, 5) is 16.8. The molecule has 0 saturated carbocycles. The van der Waals surface area contributed by atoms with Crippen LogP contribution in [0.1, 0.15) is 16.5 Å². The Morgan fingerprint density at radius 3 is 2.81 bits per heavy atom. The molecule has 4 rings (SSSR count). The summed E-state index contributed by atoms with van der Waals surface area (Å²) in [6, 6.07) is 13.7. The van der Waals surface area contributed by atoms with E-state index in [1.54, 1.807) is 0 Å². The Balaban J connectivity index is 1.65. The molecule has 0 bridgehead atoms. The van der Waals surface area contributed by atoms with Crippen LogP contribution in [0.15, 0.2) is 47.3 Å². The van der Waals surface area contributed by atoms with Crippen molar-refractivity contribution in [3.8, 4) is 5.75 Å². The molecule has 1 aliphatic heterocycles. The number of rotatable bonds is 2.